The molecule has 2 heterocycles. The third-order valence-corrected chi connectivity index (χ3v) is 5.05. The molecular weight excluding hydrogens is 346 g/mol. The van der Waals surface area contributed by atoms with Gasteiger partial charge in [-0.25, -0.2) is 0 Å². The van der Waals surface area contributed by atoms with Crippen molar-refractivity contribution in [1.29, 1.82) is 0 Å². The van der Waals surface area contributed by atoms with Crippen LogP contribution in [0.1, 0.15) is 36.3 Å². The van der Waals surface area contributed by atoms with Gasteiger partial charge in [0.1, 0.15) is 6.20 Å². The second kappa shape index (κ2) is 8.30. The van der Waals surface area contributed by atoms with Gasteiger partial charge >= 0.3 is 5.82 Å². The molecule has 0 bridgehead atoms. The first-order valence-electron chi connectivity index (χ1n) is 9.26. The smallest absolute Gasteiger partial charge is 0.358 e. The first-order valence-corrected chi connectivity index (χ1v) is 9.26. The van der Waals surface area contributed by atoms with Crippen molar-refractivity contribution in [1.82, 2.24) is 19.8 Å². The molecule has 144 valence electrons. The Hall–Kier alpha value is -2.74. The zero-order valence-electron chi connectivity index (χ0n) is 15.7. The van der Waals surface area contributed by atoms with E-state index >= 15 is 0 Å². The molecule has 0 spiro atoms. The zero-order valence-corrected chi connectivity index (χ0v) is 15.7. The molecule has 27 heavy (non-hydrogen) atoms. The summed E-state index contributed by atoms with van der Waals surface area (Å²) in [7, 11) is 0. The molecule has 2 aromatic rings. The number of aryl methyl sites for hydroxylation is 3. The number of hydrogen-bond acceptors (Lipinski definition) is 5. The Bertz CT molecular complexity index is 815. The summed E-state index contributed by atoms with van der Waals surface area (Å²) in [6.45, 7) is 6.37. The van der Waals surface area contributed by atoms with Crippen LogP contribution in [0.15, 0.2) is 30.5 Å². The fourth-order valence-electron chi connectivity index (χ4n) is 3.44. The van der Waals surface area contributed by atoms with E-state index in [-0.39, 0.29) is 24.2 Å². The van der Waals surface area contributed by atoms with E-state index in [9.17, 15) is 14.9 Å². The van der Waals surface area contributed by atoms with Crippen molar-refractivity contribution in [3.8, 4) is 0 Å². The summed E-state index contributed by atoms with van der Waals surface area (Å²) in [4.78, 5) is 29.0. The summed E-state index contributed by atoms with van der Waals surface area (Å²) >= 11 is 0. The van der Waals surface area contributed by atoms with E-state index < -0.39 is 4.92 Å². The third-order valence-electron chi connectivity index (χ3n) is 5.05. The summed E-state index contributed by atoms with van der Waals surface area (Å²) in [5, 5.41) is 14.2. The van der Waals surface area contributed by atoms with Crippen molar-refractivity contribution >= 4 is 11.7 Å². The maximum Gasteiger partial charge on any atom is 0.381 e. The Morgan fingerprint density at radius 2 is 2.11 bits per heavy atom. The van der Waals surface area contributed by atoms with Crippen molar-refractivity contribution in [2.45, 2.75) is 39.3 Å². The van der Waals surface area contributed by atoms with Crippen molar-refractivity contribution in [3.05, 3.63) is 57.5 Å². The number of benzene rings is 1. The number of rotatable bonds is 6. The molecule has 1 aromatic heterocycles. The van der Waals surface area contributed by atoms with Crippen LogP contribution in [-0.4, -0.2) is 44.9 Å². The molecule has 1 amide bonds. The minimum absolute atomic E-state index is 0.00961. The Morgan fingerprint density at radius 3 is 2.74 bits per heavy atom. The molecule has 8 nitrogen and oxygen atoms in total. The van der Waals surface area contributed by atoms with Crippen molar-refractivity contribution in [2.75, 3.05) is 19.6 Å². The predicted molar refractivity (Wildman–Crippen MR) is 101 cm³/mol. The van der Waals surface area contributed by atoms with E-state index in [1.807, 2.05) is 4.90 Å². The second-order valence-electron chi connectivity index (χ2n) is 6.75. The number of imidazole rings is 1. The average molecular weight is 371 g/mol. The number of nitrogens with zero attached hydrogens (tertiary/aromatic N) is 4. The van der Waals surface area contributed by atoms with Gasteiger partial charge in [-0.15, -0.1) is 0 Å². The molecule has 1 saturated heterocycles. The molecule has 0 aliphatic carbocycles. The number of carbonyl (C=O) groups excluding carboxylic acids is 1. The monoisotopic (exact) mass is 371 g/mol. The quantitative estimate of drug-likeness (QED) is 0.621. The van der Waals surface area contributed by atoms with E-state index in [1.54, 1.807) is 11.5 Å². The van der Waals surface area contributed by atoms with Crippen LogP contribution in [0.4, 0.5) is 5.82 Å². The van der Waals surface area contributed by atoms with Gasteiger partial charge < -0.3 is 24.9 Å². The lowest BCUT2D eigenvalue weighted by Gasteiger charge is -2.36. The molecule has 8 heteroatoms. The van der Waals surface area contributed by atoms with Crippen LogP contribution < -0.4 is 5.32 Å². The number of hydrogen-bond donors (Lipinski definition) is 1. The summed E-state index contributed by atoms with van der Waals surface area (Å²) < 4.78 is 1.67. The molecule has 1 atom stereocenters. The van der Waals surface area contributed by atoms with Crippen molar-refractivity contribution in [2.24, 2.45) is 0 Å². The summed E-state index contributed by atoms with van der Waals surface area (Å²) in [5.74, 6) is 0.411. The number of nitro groups is 1. The number of aromatic nitrogens is 2. The predicted octanol–water partition coefficient (Wildman–Crippen LogP) is 2.23. The van der Waals surface area contributed by atoms with Crippen LogP contribution in [-0.2, 0) is 17.8 Å². The van der Waals surface area contributed by atoms with Crippen LogP contribution in [0.3, 0.4) is 0 Å². The first-order chi connectivity index (χ1) is 13.0. The van der Waals surface area contributed by atoms with E-state index in [0.717, 1.165) is 25.1 Å². The molecular formula is C19H25N5O3. The summed E-state index contributed by atoms with van der Waals surface area (Å²) in [6, 6.07) is 8.43. The highest BCUT2D eigenvalue weighted by Gasteiger charge is 2.28. The topological polar surface area (TPSA) is 93.3 Å². The summed E-state index contributed by atoms with van der Waals surface area (Å²) in [6.07, 6.45) is 2.67. The highest BCUT2D eigenvalue weighted by molar-refractivity contribution is 5.77. The minimum Gasteiger partial charge on any atom is -0.358 e. The van der Waals surface area contributed by atoms with Crippen molar-refractivity contribution in [3.63, 3.8) is 0 Å². The third kappa shape index (κ3) is 4.33. The fraction of sp³-hybridized carbons (Fsp3) is 0.474. The Balaban J connectivity index is 1.68. The maximum absolute atomic E-state index is 12.9. The fourth-order valence-corrected chi connectivity index (χ4v) is 3.44. The van der Waals surface area contributed by atoms with E-state index in [2.05, 4.69) is 41.5 Å². The van der Waals surface area contributed by atoms with Gasteiger partial charge in [-0.05, 0) is 27.5 Å². The van der Waals surface area contributed by atoms with Gasteiger partial charge in [0.05, 0.1) is 6.04 Å². The molecule has 0 saturated carbocycles. The van der Waals surface area contributed by atoms with Crippen LogP contribution >= 0.6 is 0 Å². The largest absolute Gasteiger partial charge is 0.381 e. The van der Waals surface area contributed by atoms with Gasteiger partial charge in [0.2, 0.25) is 11.7 Å². The van der Waals surface area contributed by atoms with Gasteiger partial charge in [0.15, 0.2) is 0 Å². The number of piperazine rings is 1. The van der Waals surface area contributed by atoms with Gasteiger partial charge in [0, 0.05) is 39.5 Å². The van der Waals surface area contributed by atoms with Crippen LogP contribution in [0.2, 0.25) is 0 Å². The highest BCUT2D eigenvalue weighted by Crippen LogP contribution is 2.24. The molecule has 1 N–H and O–H groups in total. The lowest BCUT2D eigenvalue weighted by Crippen LogP contribution is -2.48. The Morgan fingerprint density at radius 1 is 1.37 bits per heavy atom. The second-order valence-corrected chi connectivity index (χ2v) is 6.75. The van der Waals surface area contributed by atoms with Crippen LogP contribution in [0, 0.1) is 17.0 Å². The number of carbonyl (C=O) groups is 1. The minimum atomic E-state index is -0.516. The SMILES string of the molecule is CCc1ccc(C2CNCCN2C(=O)CCn2cc([N+](=O)[O-])nc2C)cc1. The molecule has 1 unspecified atom stereocenters. The highest BCUT2D eigenvalue weighted by atomic mass is 16.6. The standard InChI is InChI=1S/C19H25N5O3/c1-3-15-4-6-16(7-5-15)17-12-20-9-11-23(17)19(25)8-10-22-13-18(24(26)27)21-14(22)2/h4-7,13,17,20H,3,8-12H2,1-2H3. The first kappa shape index (κ1) is 19.0. The maximum atomic E-state index is 12.9. The van der Waals surface area contributed by atoms with Gasteiger partial charge in [-0.2, -0.15) is 0 Å². The normalized spacial score (nSPS) is 17.1. The summed E-state index contributed by atoms with van der Waals surface area (Å²) in [5.41, 5.74) is 2.40. The van der Waals surface area contributed by atoms with E-state index in [4.69, 9.17) is 0 Å². The number of nitrogens with one attached hydrogen (secondary N) is 1. The Kier molecular flexibility index (Phi) is 5.85. The van der Waals surface area contributed by atoms with Gasteiger partial charge in [-0.3, -0.25) is 4.79 Å². The molecule has 1 aliphatic rings. The molecule has 1 fully saturated rings. The Labute approximate surface area is 158 Å². The van der Waals surface area contributed by atoms with Crippen molar-refractivity contribution < 1.29 is 9.72 Å². The molecule has 1 aliphatic heterocycles. The zero-order chi connectivity index (χ0) is 19.4. The lowest BCUT2D eigenvalue weighted by molar-refractivity contribution is -0.389. The average Bonchev–Trinajstić information content (AvgIpc) is 3.07. The van der Waals surface area contributed by atoms with Gasteiger partial charge in [0.25, 0.3) is 0 Å². The van der Waals surface area contributed by atoms with E-state index in [1.165, 1.54) is 11.8 Å². The van der Waals surface area contributed by atoms with Gasteiger partial charge in [-0.1, -0.05) is 31.2 Å². The molecule has 0 radical (unpaired) electrons. The van der Waals surface area contributed by atoms with Crippen LogP contribution in [0.5, 0.6) is 0 Å². The molecule has 1 aromatic carbocycles. The lowest BCUT2D eigenvalue weighted by atomic mass is 10.0. The molecule has 3 rings (SSSR count). The van der Waals surface area contributed by atoms with Crippen LogP contribution in [0.25, 0.3) is 0 Å². The van der Waals surface area contributed by atoms with E-state index in [0.29, 0.717) is 18.9 Å². The number of amides is 1.